The molecule has 0 bridgehead atoms. The third-order valence-corrected chi connectivity index (χ3v) is 5.44. The standard InChI is InChI=1S/C16H19N3OS/c1-16(7-4-8-21-16)10-18-15(20)12-9-14(17)19-13-6-3-2-5-11(12)13/h2-3,5-6,9H,4,7-8,10H2,1H3,(H2,17,19)(H,18,20). The Morgan fingerprint density at radius 1 is 1.48 bits per heavy atom. The molecule has 110 valence electrons. The zero-order chi connectivity index (χ0) is 14.9. The van der Waals surface area contributed by atoms with Crippen LogP contribution in [0.15, 0.2) is 30.3 Å². The largest absolute Gasteiger partial charge is 0.384 e. The van der Waals surface area contributed by atoms with Crippen LogP contribution in [0.1, 0.15) is 30.1 Å². The van der Waals surface area contributed by atoms with E-state index in [2.05, 4.69) is 17.2 Å². The first-order chi connectivity index (χ1) is 10.1. The number of nitrogen functional groups attached to an aromatic ring is 1. The van der Waals surface area contributed by atoms with Gasteiger partial charge in [-0.3, -0.25) is 4.79 Å². The second-order valence-electron chi connectivity index (χ2n) is 5.70. The first-order valence-corrected chi connectivity index (χ1v) is 8.13. The predicted molar refractivity (Wildman–Crippen MR) is 88.6 cm³/mol. The van der Waals surface area contributed by atoms with E-state index in [-0.39, 0.29) is 10.7 Å². The number of nitrogens with zero attached hydrogens (tertiary/aromatic N) is 1. The number of rotatable bonds is 3. The summed E-state index contributed by atoms with van der Waals surface area (Å²) < 4.78 is 0.157. The van der Waals surface area contributed by atoms with Crippen LogP contribution in [0.3, 0.4) is 0 Å². The lowest BCUT2D eigenvalue weighted by atomic mass is 10.0. The summed E-state index contributed by atoms with van der Waals surface area (Å²) in [5, 5.41) is 3.90. The van der Waals surface area contributed by atoms with Gasteiger partial charge in [0, 0.05) is 16.7 Å². The normalized spacial score (nSPS) is 21.6. The van der Waals surface area contributed by atoms with Gasteiger partial charge in [-0.1, -0.05) is 18.2 Å². The summed E-state index contributed by atoms with van der Waals surface area (Å²) >= 11 is 1.94. The molecule has 1 saturated heterocycles. The molecule has 2 aromatic rings. The number of hydrogen-bond acceptors (Lipinski definition) is 4. The van der Waals surface area contributed by atoms with Crippen molar-refractivity contribution in [3.05, 3.63) is 35.9 Å². The van der Waals surface area contributed by atoms with Crippen molar-refractivity contribution in [1.29, 1.82) is 0 Å². The molecule has 1 fully saturated rings. The number of nitrogens with two attached hydrogens (primary N) is 1. The van der Waals surface area contributed by atoms with Crippen LogP contribution in [-0.4, -0.2) is 27.9 Å². The summed E-state index contributed by atoms with van der Waals surface area (Å²) in [6.07, 6.45) is 2.37. The molecule has 1 aromatic carbocycles. The highest BCUT2D eigenvalue weighted by molar-refractivity contribution is 8.00. The number of aromatic nitrogens is 1. The molecule has 1 unspecified atom stereocenters. The van der Waals surface area contributed by atoms with Gasteiger partial charge >= 0.3 is 0 Å². The van der Waals surface area contributed by atoms with E-state index in [9.17, 15) is 4.79 Å². The molecule has 0 radical (unpaired) electrons. The maximum Gasteiger partial charge on any atom is 0.252 e. The average Bonchev–Trinajstić information content (AvgIpc) is 2.91. The summed E-state index contributed by atoms with van der Waals surface area (Å²) in [6.45, 7) is 2.90. The van der Waals surface area contributed by atoms with Crippen LogP contribution in [0.25, 0.3) is 10.9 Å². The van der Waals surface area contributed by atoms with Gasteiger partial charge in [0.05, 0.1) is 11.1 Å². The number of pyridine rings is 1. The van der Waals surface area contributed by atoms with Gasteiger partial charge < -0.3 is 11.1 Å². The minimum atomic E-state index is -0.0750. The summed E-state index contributed by atoms with van der Waals surface area (Å²) in [4.78, 5) is 16.8. The summed E-state index contributed by atoms with van der Waals surface area (Å²) in [7, 11) is 0. The zero-order valence-electron chi connectivity index (χ0n) is 12.1. The highest BCUT2D eigenvalue weighted by atomic mass is 32.2. The third kappa shape index (κ3) is 2.97. The molecule has 2 heterocycles. The molecule has 21 heavy (non-hydrogen) atoms. The van der Waals surface area contributed by atoms with Gasteiger partial charge in [-0.25, -0.2) is 4.98 Å². The lowest BCUT2D eigenvalue weighted by molar-refractivity contribution is 0.0951. The van der Waals surface area contributed by atoms with E-state index < -0.39 is 0 Å². The Balaban J connectivity index is 1.84. The Kier molecular flexibility index (Phi) is 3.76. The molecule has 0 spiro atoms. The van der Waals surface area contributed by atoms with Crippen molar-refractivity contribution >= 4 is 34.4 Å². The molecule has 0 aliphatic carbocycles. The number of fused-ring (bicyclic) bond motifs is 1. The van der Waals surface area contributed by atoms with E-state index in [0.717, 1.165) is 17.3 Å². The molecule has 1 aliphatic heterocycles. The minimum absolute atomic E-state index is 0.0750. The van der Waals surface area contributed by atoms with E-state index in [1.54, 1.807) is 6.07 Å². The minimum Gasteiger partial charge on any atom is -0.384 e. The first-order valence-electron chi connectivity index (χ1n) is 7.15. The number of hydrogen-bond donors (Lipinski definition) is 2. The maximum atomic E-state index is 12.5. The number of carbonyl (C=O) groups excluding carboxylic acids is 1. The van der Waals surface area contributed by atoms with Gasteiger partial charge in [-0.15, -0.1) is 0 Å². The van der Waals surface area contributed by atoms with Crippen LogP contribution in [0, 0.1) is 0 Å². The summed E-state index contributed by atoms with van der Waals surface area (Å²) in [5.41, 5.74) is 7.17. The topological polar surface area (TPSA) is 68.0 Å². The van der Waals surface area contributed by atoms with Crippen LogP contribution < -0.4 is 11.1 Å². The van der Waals surface area contributed by atoms with E-state index in [1.165, 1.54) is 12.2 Å². The van der Waals surface area contributed by atoms with Crippen LogP contribution in [-0.2, 0) is 0 Å². The molecule has 1 amide bonds. The number of para-hydroxylation sites is 1. The Morgan fingerprint density at radius 3 is 3.05 bits per heavy atom. The SMILES string of the molecule is CC1(CNC(=O)c2cc(N)nc3ccccc23)CCCS1. The molecule has 1 aromatic heterocycles. The predicted octanol–water partition coefficient (Wildman–Crippen LogP) is 2.83. The van der Waals surface area contributed by atoms with Crippen LogP contribution in [0.5, 0.6) is 0 Å². The Morgan fingerprint density at radius 2 is 2.29 bits per heavy atom. The molecular weight excluding hydrogens is 282 g/mol. The summed E-state index contributed by atoms with van der Waals surface area (Å²) in [5.74, 6) is 1.48. The van der Waals surface area contributed by atoms with E-state index in [4.69, 9.17) is 5.73 Å². The number of benzene rings is 1. The van der Waals surface area contributed by atoms with Crippen LogP contribution in [0.2, 0.25) is 0 Å². The second kappa shape index (κ2) is 5.56. The van der Waals surface area contributed by atoms with Crippen molar-refractivity contribution in [3.63, 3.8) is 0 Å². The van der Waals surface area contributed by atoms with Crippen molar-refractivity contribution in [2.75, 3.05) is 18.0 Å². The van der Waals surface area contributed by atoms with Gasteiger partial charge in [0.25, 0.3) is 5.91 Å². The number of amides is 1. The first kappa shape index (κ1) is 14.2. The van der Waals surface area contributed by atoms with Crippen molar-refractivity contribution in [2.24, 2.45) is 0 Å². The van der Waals surface area contributed by atoms with Crippen molar-refractivity contribution in [3.8, 4) is 0 Å². The second-order valence-corrected chi connectivity index (χ2v) is 7.38. The van der Waals surface area contributed by atoms with Gasteiger partial charge in [0.1, 0.15) is 5.82 Å². The van der Waals surface area contributed by atoms with Gasteiger partial charge in [0.2, 0.25) is 0 Å². The van der Waals surface area contributed by atoms with Crippen molar-refractivity contribution in [2.45, 2.75) is 24.5 Å². The smallest absolute Gasteiger partial charge is 0.252 e. The lowest BCUT2D eigenvalue weighted by Crippen LogP contribution is -2.36. The fraction of sp³-hybridized carbons (Fsp3) is 0.375. The van der Waals surface area contributed by atoms with Gasteiger partial charge in [-0.05, 0) is 37.7 Å². The van der Waals surface area contributed by atoms with Crippen LogP contribution in [0.4, 0.5) is 5.82 Å². The number of nitrogens with one attached hydrogen (secondary N) is 1. The Labute approximate surface area is 128 Å². The van der Waals surface area contributed by atoms with E-state index in [0.29, 0.717) is 17.9 Å². The monoisotopic (exact) mass is 301 g/mol. The van der Waals surface area contributed by atoms with Gasteiger partial charge in [-0.2, -0.15) is 11.8 Å². The molecule has 1 aliphatic rings. The Hall–Kier alpha value is -1.75. The summed E-state index contributed by atoms with van der Waals surface area (Å²) in [6, 6.07) is 9.24. The fourth-order valence-corrected chi connectivity index (χ4v) is 3.97. The molecule has 5 heteroatoms. The lowest BCUT2D eigenvalue weighted by Gasteiger charge is -2.23. The zero-order valence-corrected chi connectivity index (χ0v) is 12.9. The maximum absolute atomic E-state index is 12.5. The molecular formula is C16H19N3OS. The number of anilines is 1. The number of carbonyl (C=O) groups is 1. The highest BCUT2D eigenvalue weighted by Gasteiger charge is 2.30. The third-order valence-electron chi connectivity index (χ3n) is 3.90. The molecule has 4 nitrogen and oxygen atoms in total. The molecule has 0 saturated carbocycles. The fourth-order valence-electron chi connectivity index (χ4n) is 2.72. The molecule has 3 rings (SSSR count). The van der Waals surface area contributed by atoms with Crippen molar-refractivity contribution < 1.29 is 4.79 Å². The van der Waals surface area contributed by atoms with Crippen molar-refractivity contribution in [1.82, 2.24) is 10.3 Å². The van der Waals surface area contributed by atoms with E-state index >= 15 is 0 Å². The average molecular weight is 301 g/mol. The molecule has 1 atom stereocenters. The highest BCUT2D eigenvalue weighted by Crippen LogP contribution is 2.37. The quantitative estimate of drug-likeness (QED) is 0.914. The number of thioether (sulfide) groups is 1. The Bertz CT molecular complexity index is 680. The van der Waals surface area contributed by atoms with Crippen LogP contribution >= 0.6 is 11.8 Å². The molecule has 3 N–H and O–H groups in total. The van der Waals surface area contributed by atoms with Gasteiger partial charge in [0.15, 0.2) is 0 Å². The van der Waals surface area contributed by atoms with E-state index in [1.807, 2.05) is 36.0 Å².